The third-order valence-electron chi connectivity index (χ3n) is 3.38. The normalized spacial score (nSPS) is 10.6. The molecule has 7 nitrogen and oxygen atoms in total. The van der Waals surface area contributed by atoms with E-state index in [1.807, 2.05) is 29.1 Å². The third kappa shape index (κ3) is 3.89. The van der Waals surface area contributed by atoms with Crippen molar-refractivity contribution in [3.8, 4) is 10.7 Å². The number of thiophene rings is 1. The summed E-state index contributed by atoms with van der Waals surface area (Å²) in [5, 5.41) is 13.6. The number of benzene rings is 1. The lowest BCUT2D eigenvalue weighted by Gasteiger charge is -2.08. The molecule has 3 rings (SSSR count). The number of rotatable bonds is 6. The van der Waals surface area contributed by atoms with E-state index < -0.39 is 5.91 Å². The molecule has 9 heteroatoms. The van der Waals surface area contributed by atoms with Gasteiger partial charge in [-0.25, -0.2) is 0 Å². The number of hydrogen-bond acceptors (Lipinski definition) is 6. The minimum Gasteiger partial charge on any atom is -0.366 e. The van der Waals surface area contributed by atoms with E-state index in [0.717, 1.165) is 10.7 Å². The number of nitrogens with two attached hydrogens (primary N) is 1. The fourth-order valence-electron chi connectivity index (χ4n) is 2.18. The first-order valence-corrected chi connectivity index (χ1v) is 9.17. The fraction of sp³-hybridized carbons (Fsp3) is 0.125. The molecule has 2 amide bonds. The van der Waals surface area contributed by atoms with E-state index in [0.29, 0.717) is 10.8 Å². The van der Waals surface area contributed by atoms with Gasteiger partial charge in [-0.2, -0.15) is 0 Å². The van der Waals surface area contributed by atoms with Crippen LogP contribution in [0.15, 0.2) is 46.9 Å². The van der Waals surface area contributed by atoms with E-state index in [1.54, 1.807) is 35.6 Å². The molecule has 3 aromatic rings. The Balaban J connectivity index is 1.65. The Bertz CT molecular complexity index is 905. The number of carbonyl (C=O) groups is 2. The van der Waals surface area contributed by atoms with Gasteiger partial charge in [-0.1, -0.05) is 30.0 Å². The molecule has 0 saturated carbocycles. The van der Waals surface area contributed by atoms with Gasteiger partial charge in [0.1, 0.15) is 0 Å². The Hall–Kier alpha value is -2.65. The van der Waals surface area contributed by atoms with Crippen LogP contribution >= 0.6 is 23.1 Å². The van der Waals surface area contributed by atoms with Gasteiger partial charge in [0.2, 0.25) is 5.91 Å². The molecule has 25 heavy (non-hydrogen) atoms. The molecule has 0 aliphatic carbocycles. The quantitative estimate of drug-likeness (QED) is 0.646. The summed E-state index contributed by atoms with van der Waals surface area (Å²) in [6, 6.07) is 10.5. The second-order valence-electron chi connectivity index (χ2n) is 5.09. The maximum atomic E-state index is 12.2. The van der Waals surface area contributed by atoms with Crippen molar-refractivity contribution in [3.05, 3.63) is 47.3 Å². The number of nitrogens with one attached hydrogen (secondary N) is 1. The highest BCUT2D eigenvalue weighted by Crippen LogP contribution is 2.26. The summed E-state index contributed by atoms with van der Waals surface area (Å²) in [7, 11) is 1.86. The molecular weight excluding hydrogens is 358 g/mol. The van der Waals surface area contributed by atoms with Crippen LogP contribution in [-0.2, 0) is 11.8 Å². The highest BCUT2D eigenvalue weighted by molar-refractivity contribution is 7.99. The van der Waals surface area contributed by atoms with Crippen molar-refractivity contribution in [2.45, 2.75) is 5.16 Å². The Morgan fingerprint density at radius 2 is 2.04 bits per heavy atom. The predicted molar refractivity (Wildman–Crippen MR) is 98.6 cm³/mol. The summed E-state index contributed by atoms with van der Waals surface area (Å²) < 4.78 is 1.85. The summed E-state index contributed by atoms with van der Waals surface area (Å²) in [4.78, 5) is 24.6. The minimum absolute atomic E-state index is 0.142. The van der Waals surface area contributed by atoms with Gasteiger partial charge in [0, 0.05) is 7.05 Å². The van der Waals surface area contributed by atoms with Gasteiger partial charge in [0.15, 0.2) is 11.0 Å². The maximum absolute atomic E-state index is 12.2. The van der Waals surface area contributed by atoms with Crippen LogP contribution in [0.2, 0.25) is 0 Å². The summed E-state index contributed by atoms with van der Waals surface area (Å²) in [5.41, 5.74) is 5.99. The Morgan fingerprint density at radius 1 is 1.24 bits per heavy atom. The van der Waals surface area contributed by atoms with E-state index in [-0.39, 0.29) is 17.2 Å². The topological polar surface area (TPSA) is 103 Å². The van der Waals surface area contributed by atoms with Crippen molar-refractivity contribution in [3.63, 3.8) is 0 Å². The maximum Gasteiger partial charge on any atom is 0.250 e. The Morgan fingerprint density at radius 3 is 2.76 bits per heavy atom. The Labute approximate surface area is 152 Å². The van der Waals surface area contributed by atoms with Gasteiger partial charge in [-0.3, -0.25) is 9.59 Å². The molecule has 0 spiro atoms. The zero-order valence-corrected chi connectivity index (χ0v) is 14.9. The monoisotopic (exact) mass is 373 g/mol. The zero-order valence-electron chi connectivity index (χ0n) is 13.3. The van der Waals surface area contributed by atoms with Gasteiger partial charge in [0.05, 0.1) is 21.9 Å². The third-order valence-corrected chi connectivity index (χ3v) is 5.26. The molecule has 0 aliphatic heterocycles. The van der Waals surface area contributed by atoms with Crippen LogP contribution in [-0.4, -0.2) is 32.3 Å². The predicted octanol–water partition coefficient (Wildman–Crippen LogP) is 2.37. The van der Waals surface area contributed by atoms with E-state index >= 15 is 0 Å². The summed E-state index contributed by atoms with van der Waals surface area (Å²) in [5.74, 6) is 0.0672. The smallest absolute Gasteiger partial charge is 0.250 e. The summed E-state index contributed by atoms with van der Waals surface area (Å²) in [6.45, 7) is 0. The average Bonchev–Trinajstić information content (AvgIpc) is 3.23. The van der Waals surface area contributed by atoms with Crippen LogP contribution in [0.3, 0.4) is 0 Å². The molecule has 0 fully saturated rings. The number of thioether (sulfide) groups is 1. The Kier molecular flexibility index (Phi) is 5.15. The van der Waals surface area contributed by atoms with Gasteiger partial charge >= 0.3 is 0 Å². The van der Waals surface area contributed by atoms with Crippen LogP contribution in [0.1, 0.15) is 10.4 Å². The molecule has 2 aromatic heterocycles. The van der Waals surface area contributed by atoms with Gasteiger partial charge < -0.3 is 15.6 Å². The van der Waals surface area contributed by atoms with Crippen molar-refractivity contribution in [2.24, 2.45) is 12.8 Å². The fourth-order valence-corrected chi connectivity index (χ4v) is 3.64. The molecule has 3 N–H and O–H groups in total. The number of amides is 2. The first-order chi connectivity index (χ1) is 12.1. The number of hydrogen-bond donors (Lipinski definition) is 2. The second kappa shape index (κ2) is 7.49. The number of anilines is 1. The van der Waals surface area contributed by atoms with Crippen LogP contribution in [0.4, 0.5) is 5.69 Å². The van der Waals surface area contributed by atoms with Crippen LogP contribution < -0.4 is 11.1 Å². The van der Waals surface area contributed by atoms with E-state index in [9.17, 15) is 9.59 Å². The van der Waals surface area contributed by atoms with Crippen molar-refractivity contribution in [2.75, 3.05) is 11.1 Å². The van der Waals surface area contributed by atoms with Crippen molar-refractivity contribution in [1.82, 2.24) is 14.8 Å². The number of carbonyl (C=O) groups excluding carboxylic acids is 2. The largest absolute Gasteiger partial charge is 0.366 e. The average molecular weight is 373 g/mol. The summed E-state index contributed by atoms with van der Waals surface area (Å²) in [6.07, 6.45) is 0. The van der Waals surface area contributed by atoms with Crippen LogP contribution in [0, 0.1) is 0 Å². The number of nitrogens with zero attached hydrogens (tertiary/aromatic N) is 3. The second-order valence-corrected chi connectivity index (χ2v) is 6.98. The molecule has 0 unspecified atom stereocenters. The SMILES string of the molecule is Cn1c(SCC(=O)Nc2ccccc2C(N)=O)nnc1-c1cccs1. The van der Waals surface area contributed by atoms with Crippen molar-refractivity contribution in [1.29, 1.82) is 0 Å². The van der Waals surface area contributed by atoms with E-state index in [4.69, 9.17) is 5.73 Å². The lowest BCUT2D eigenvalue weighted by Crippen LogP contribution is -2.19. The van der Waals surface area contributed by atoms with Crippen LogP contribution in [0.5, 0.6) is 0 Å². The number of primary amides is 1. The highest BCUT2D eigenvalue weighted by atomic mass is 32.2. The molecule has 128 valence electrons. The minimum atomic E-state index is -0.586. The molecule has 0 aliphatic rings. The lowest BCUT2D eigenvalue weighted by molar-refractivity contribution is -0.113. The molecule has 1 aromatic carbocycles. The first kappa shape index (κ1) is 17.2. The van der Waals surface area contributed by atoms with Crippen molar-refractivity contribution >= 4 is 40.6 Å². The molecular formula is C16H15N5O2S2. The van der Waals surface area contributed by atoms with E-state index in [1.165, 1.54) is 11.8 Å². The number of aromatic nitrogens is 3. The van der Waals surface area contributed by atoms with E-state index in [2.05, 4.69) is 15.5 Å². The highest BCUT2D eigenvalue weighted by Gasteiger charge is 2.15. The molecule has 0 radical (unpaired) electrons. The molecule has 0 bridgehead atoms. The standard InChI is InChI=1S/C16H15N5O2S2/c1-21-15(12-7-4-8-24-12)19-20-16(21)25-9-13(22)18-11-6-3-2-5-10(11)14(17)23/h2-8H,9H2,1H3,(H2,17,23)(H,18,22). The number of para-hydroxylation sites is 1. The van der Waals surface area contributed by atoms with Gasteiger partial charge in [-0.15, -0.1) is 21.5 Å². The molecule has 0 saturated heterocycles. The van der Waals surface area contributed by atoms with Crippen LogP contribution in [0.25, 0.3) is 10.7 Å². The molecule has 0 atom stereocenters. The van der Waals surface area contributed by atoms with Gasteiger partial charge in [0.25, 0.3) is 5.91 Å². The zero-order chi connectivity index (χ0) is 17.8. The molecule has 2 heterocycles. The van der Waals surface area contributed by atoms with Crippen molar-refractivity contribution < 1.29 is 9.59 Å². The summed E-state index contributed by atoms with van der Waals surface area (Å²) >= 11 is 2.85. The first-order valence-electron chi connectivity index (χ1n) is 7.31. The van der Waals surface area contributed by atoms with Gasteiger partial charge in [-0.05, 0) is 23.6 Å². The lowest BCUT2D eigenvalue weighted by atomic mass is 10.1.